The Kier molecular flexibility index (Phi) is 25.9. The molecule has 2 aromatic rings. The van der Waals surface area contributed by atoms with Gasteiger partial charge in [-0.15, -0.1) is 0 Å². The standard InChI is InChI=1S/C46H64N10O20S4/c1-45(2,44(70)53-33(20-40(64)65)42(67)51-32(19-39(62)63)41(66)52-34(43(68)69)25-78-77-18-17-75-27-57)26-76-46(3,4)13-14-49-35(58)21-54(22-36(59)50-28-5-9-30(10-6-28)79(47,71)72)15-16-55-23-37(60)56(38(61)24-55)29-7-11-31(12-8-29)80(48,73)74/h5-12,27,32-34H,13-26H2,1-4H3,(H,49,58)(H,50,59)(H,51,67)(H,52,66)(H,53,70)(H,62,63)(H,64,65)(H,68,69)(H2,47,71,72)(H2,48,73,74)/t32-,33-,34-/m0/s1. The number of carbonyl (C=O) groups excluding carboxylic acids is 8. The minimum Gasteiger partial charge on any atom is -0.481 e. The van der Waals surface area contributed by atoms with E-state index in [4.69, 9.17) is 15.0 Å². The molecule has 3 rings (SSSR count). The normalized spacial score (nSPS) is 14.5. The summed E-state index contributed by atoms with van der Waals surface area (Å²) in [6.07, 6.45) is -1.96. The Balaban J connectivity index is 1.64. The monoisotopic (exact) mass is 1200 g/mol. The van der Waals surface area contributed by atoms with Crippen LogP contribution < -0.4 is 41.8 Å². The predicted molar refractivity (Wildman–Crippen MR) is 286 cm³/mol. The molecule has 1 aliphatic heterocycles. The summed E-state index contributed by atoms with van der Waals surface area (Å²) in [5, 5.41) is 50.9. The molecule has 12 N–H and O–H groups in total. The molecule has 1 fully saturated rings. The highest BCUT2D eigenvalue weighted by Crippen LogP contribution is 2.25. The van der Waals surface area contributed by atoms with E-state index in [1.54, 1.807) is 13.8 Å². The number of ether oxygens (including phenoxy) is 2. The Morgan fingerprint density at radius 1 is 0.750 bits per heavy atom. The van der Waals surface area contributed by atoms with E-state index in [0.717, 1.165) is 38.6 Å². The first-order chi connectivity index (χ1) is 37.2. The quantitative estimate of drug-likeness (QED) is 0.0147. The van der Waals surface area contributed by atoms with Crippen LogP contribution in [-0.2, 0) is 82.3 Å². The molecule has 80 heavy (non-hydrogen) atoms. The van der Waals surface area contributed by atoms with Crippen LogP contribution in [-0.4, -0.2) is 202 Å². The van der Waals surface area contributed by atoms with Crippen LogP contribution in [0.2, 0.25) is 0 Å². The number of nitrogens with two attached hydrogens (primary N) is 2. The number of aliphatic carboxylic acids is 3. The van der Waals surface area contributed by atoms with Gasteiger partial charge in [0.2, 0.25) is 61.4 Å². The lowest BCUT2D eigenvalue weighted by atomic mass is 9.92. The molecule has 1 heterocycles. The lowest BCUT2D eigenvalue weighted by Crippen LogP contribution is -2.58. The van der Waals surface area contributed by atoms with Crippen LogP contribution in [0.3, 0.4) is 0 Å². The Bertz CT molecular complexity index is 2800. The third-order valence-corrected chi connectivity index (χ3v) is 15.6. The molecular weight excluding hydrogens is 1140 g/mol. The van der Waals surface area contributed by atoms with E-state index in [9.17, 15) is 84.9 Å². The highest BCUT2D eigenvalue weighted by molar-refractivity contribution is 8.76. The molecule has 7 amide bonds. The molecule has 0 saturated carbocycles. The molecule has 0 bridgehead atoms. The Morgan fingerprint density at radius 3 is 1.77 bits per heavy atom. The molecule has 0 aliphatic carbocycles. The fourth-order valence-corrected chi connectivity index (χ4v) is 10.0. The summed E-state index contributed by atoms with van der Waals surface area (Å²) in [5.41, 5.74) is -2.25. The van der Waals surface area contributed by atoms with Gasteiger partial charge >= 0.3 is 17.9 Å². The second-order valence-electron chi connectivity index (χ2n) is 19.0. The summed E-state index contributed by atoms with van der Waals surface area (Å²) < 4.78 is 57.4. The maximum atomic E-state index is 13.6. The Labute approximate surface area is 467 Å². The zero-order valence-corrected chi connectivity index (χ0v) is 47.0. The number of hydrogen-bond donors (Lipinski definition) is 10. The van der Waals surface area contributed by atoms with Crippen molar-refractivity contribution in [1.82, 2.24) is 31.1 Å². The molecule has 30 nitrogen and oxygen atoms in total. The molecule has 442 valence electrons. The van der Waals surface area contributed by atoms with Crippen molar-refractivity contribution in [2.45, 2.75) is 80.5 Å². The number of sulfonamides is 2. The zero-order valence-electron chi connectivity index (χ0n) is 43.7. The van der Waals surface area contributed by atoms with Gasteiger partial charge in [0.15, 0.2) is 0 Å². The molecule has 0 radical (unpaired) electrons. The second-order valence-corrected chi connectivity index (χ2v) is 24.7. The Hall–Kier alpha value is -6.79. The van der Waals surface area contributed by atoms with Gasteiger partial charge in [0.1, 0.15) is 24.7 Å². The van der Waals surface area contributed by atoms with Gasteiger partial charge in [0.25, 0.3) is 6.47 Å². The molecule has 1 aliphatic rings. The molecule has 0 unspecified atom stereocenters. The van der Waals surface area contributed by atoms with Crippen molar-refractivity contribution in [2.24, 2.45) is 15.7 Å². The van der Waals surface area contributed by atoms with Crippen molar-refractivity contribution < 1.29 is 94.4 Å². The Morgan fingerprint density at radius 2 is 1.26 bits per heavy atom. The first kappa shape index (κ1) is 67.5. The first-order valence-corrected chi connectivity index (χ1v) is 29.4. The van der Waals surface area contributed by atoms with Crippen LogP contribution in [0.25, 0.3) is 0 Å². The van der Waals surface area contributed by atoms with Gasteiger partial charge < -0.3 is 51.4 Å². The van der Waals surface area contributed by atoms with E-state index in [-0.39, 0.29) is 98.0 Å². The third-order valence-electron chi connectivity index (χ3n) is 11.4. The number of carbonyl (C=O) groups is 11. The lowest BCUT2D eigenvalue weighted by Gasteiger charge is -2.34. The molecule has 1 saturated heterocycles. The molecular formula is C46H64N10O20S4. The molecule has 2 aromatic carbocycles. The van der Waals surface area contributed by atoms with E-state index in [1.165, 1.54) is 60.0 Å². The van der Waals surface area contributed by atoms with Gasteiger partial charge in [0, 0.05) is 36.8 Å². The van der Waals surface area contributed by atoms with Crippen LogP contribution in [0.15, 0.2) is 58.3 Å². The van der Waals surface area contributed by atoms with E-state index in [2.05, 4.69) is 31.3 Å². The number of nitrogens with zero attached hydrogens (tertiary/aromatic N) is 3. The highest BCUT2D eigenvalue weighted by Gasteiger charge is 2.37. The predicted octanol–water partition coefficient (Wildman–Crippen LogP) is -2.53. The largest absolute Gasteiger partial charge is 0.481 e. The number of anilines is 2. The van der Waals surface area contributed by atoms with Crippen molar-refractivity contribution in [2.75, 3.05) is 80.7 Å². The molecule has 0 spiro atoms. The maximum Gasteiger partial charge on any atom is 0.327 e. The summed E-state index contributed by atoms with van der Waals surface area (Å²) in [6.45, 7) is 4.59. The number of imide groups is 1. The second kappa shape index (κ2) is 30.7. The molecule has 3 atom stereocenters. The summed E-state index contributed by atoms with van der Waals surface area (Å²) in [5.74, 6) is -10.5. The smallest absolute Gasteiger partial charge is 0.327 e. The number of nitrogens with one attached hydrogen (secondary N) is 5. The number of benzene rings is 2. The van der Waals surface area contributed by atoms with Gasteiger partial charge in [-0.05, 0) is 82.6 Å². The number of carboxylic acid groups (broad SMARTS) is 3. The van der Waals surface area contributed by atoms with Gasteiger partial charge in [0.05, 0.1) is 72.1 Å². The van der Waals surface area contributed by atoms with E-state index in [1.807, 2.05) is 0 Å². The van der Waals surface area contributed by atoms with E-state index >= 15 is 0 Å². The van der Waals surface area contributed by atoms with E-state index in [0.29, 0.717) is 0 Å². The van der Waals surface area contributed by atoms with Gasteiger partial charge in [-0.25, -0.2) is 36.8 Å². The van der Waals surface area contributed by atoms with E-state index < -0.39 is 128 Å². The average Bonchev–Trinajstić information content (AvgIpc) is 3.34. The fourth-order valence-electron chi connectivity index (χ4n) is 7.00. The number of rotatable bonds is 35. The van der Waals surface area contributed by atoms with Crippen molar-refractivity contribution in [3.8, 4) is 0 Å². The third kappa shape index (κ3) is 23.5. The van der Waals surface area contributed by atoms with Crippen molar-refractivity contribution in [3.63, 3.8) is 0 Å². The van der Waals surface area contributed by atoms with Crippen LogP contribution in [0.5, 0.6) is 0 Å². The minimum absolute atomic E-state index is 0.00537. The summed E-state index contributed by atoms with van der Waals surface area (Å²) in [6, 6.07) is 4.41. The highest BCUT2D eigenvalue weighted by atomic mass is 33.1. The van der Waals surface area contributed by atoms with Crippen LogP contribution in [0.1, 0.15) is 47.0 Å². The summed E-state index contributed by atoms with van der Waals surface area (Å²) in [4.78, 5) is 142. The van der Waals surface area contributed by atoms with Crippen LogP contribution in [0, 0.1) is 5.41 Å². The zero-order chi connectivity index (χ0) is 60.2. The number of amides is 7. The van der Waals surface area contributed by atoms with Gasteiger partial charge in [-0.3, -0.25) is 57.7 Å². The van der Waals surface area contributed by atoms with Crippen molar-refractivity contribution in [1.29, 1.82) is 0 Å². The summed E-state index contributed by atoms with van der Waals surface area (Å²) in [7, 11) is -5.97. The van der Waals surface area contributed by atoms with Crippen molar-refractivity contribution >= 4 is 119 Å². The van der Waals surface area contributed by atoms with Gasteiger partial charge in [-0.1, -0.05) is 21.6 Å². The van der Waals surface area contributed by atoms with Gasteiger partial charge in [-0.2, -0.15) is 0 Å². The minimum atomic E-state index is -4.05. The molecule has 0 aromatic heterocycles. The van der Waals surface area contributed by atoms with Crippen LogP contribution >= 0.6 is 21.6 Å². The van der Waals surface area contributed by atoms with Crippen LogP contribution in [0.4, 0.5) is 11.4 Å². The molecule has 34 heteroatoms. The first-order valence-electron chi connectivity index (χ1n) is 23.9. The SMILES string of the molecule is CC(C)(CCNC(=O)CN(CCN1CC(=O)N(c2ccc(S(N)(=O)=O)cc2)C(=O)C1)CC(=O)Nc1ccc(S(N)(=O)=O)cc1)OCC(C)(C)C(=O)N[C@@H](CC(=O)O)C(=O)N[C@@H](CC(=O)O)C(=O)N[C@@H](CSSCCOC=O)C(=O)O. The maximum absolute atomic E-state index is 13.6. The fraction of sp³-hybridized carbons (Fsp3) is 0.500. The number of hydrogen-bond acceptors (Lipinski definition) is 21. The number of carboxylic acids is 3. The topological polar surface area (TPSA) is 457 Å². The van der Waals surface area contributed by atoms with Crippen molar-refractivity contribution in [3.05, 3.63) is 48.5 Å². The lowest BCUT2D eigenvalue weighted by molar-refractivity contribution is -0.146. The number of primary sulfonamides is 2. The number of piperazine rings is 1. The summed E-state index contributed by atoms with van der Waals surface area (Å²) >= 11 is 0. The average molecular weight is 1210 g/mol.